The second kappa shape index (κ2) is 6.29. The summed E-state index contributed by atoms with van der Waals surface area (Å²) in [6.07, 6.45) is 1.72. The van der Waals surface area contributed by atoms with E-state index in [1.807, 2.05) is 18.2 Å². The van der Waals surface area contributed by atoms with Gasteiger partial charge in [-0.3, -0.25) is 20.1 Å². The van der Waals surface area contributed by atoms with Crippen LogP contribution in [0.2, 0.25) is 5.02 Å². The van der Waals surface area contributed by atoms with Crippen LogP contribution in [0.5, 0.6) is 0 Å². The monoisotopic (exact) mass is 356 g/mol. The van der Waals surface area contributed by atoms with E-state index in [1.165, 1.54) is 12.1 Å². The molecule has 0 saturated heterocycles. The highest BCUT2D eigenvalue weighted by atomic mass is 35.5. The number of non-ortho nitro benzene ring substituents is 1. The van der Waals surface area contributed by atoms with Gasteiger partial charge in [0.2, 0.25) is 0 Å². The summed E-state index contributed by atoms with van der Waals surface area (Å²) in [6, 6.07) is 11.9. The van der Waals surface area contributed by atoms with Gasteiger partial charge >= 0.3 is 0 Å². The molecule has 3 rings (SSSR count). The molecule has 0 aliphatic carbocycles. The Labute approximate surface area is 150 Å². The molecule has 1 heterocycles. The van der Waals surface area contributed by atoms with E-state index in [2.05, 4.69) is 23.9 Å². The van der Waals surface area contributed by atoms with Crippen molar-refractivity contribution in [3.63, 3.8) is 0 Å². The first-order chi connectivity index (χ1) is 11.8. The molecule has 25 heavy (non-hydrogen) atoms. The van der Waals surface area contributed by atoms with E-state index in [9.17, 15) is 10.1 Å². The molecule has 0 amide bonds. The second-order valence-electron chi connectivity index (χ2n) is 6.33. The first-order valence-corrected chi connectivity index (χ1v) is 8.08. The van der Waals surface area contributed by atoms with Crippen LogP contribution in [0.3, 0.4) is 0 Å². The lowest BCUT2D eigenvalue weighted by molar-refractivity contribution is -0.384. The number of hydrazone groups is 1. The van der Waals surface area contributed by atoms with Crippen molar-refractivity contribution in [2.75, 3.05) is 12.1 Å². The summed E-state index contributed by atoms with van der Waals surface area (Å²) in [6.45, 7) is 4.15. The lowest BCUT2D eigenvalue weighted by Crippen LogP contribution is -2.27. The van der Waals surface area contributed by atoms with Gasteiger partial charge < -0.3 is 0 Å². The van der Waals surface area contributed by atoms with E-state index in [4.69, 9.17) is 11.6 Å². The second-order valence-corrected chi connectivity index (χ2v) is 6.76. The molecule has 2 aromatic carbocycles. The fourth-order valence-electron chi connectivity index (χ4n) is 2.70. The Morgan fingerprint density at radius 3 is 2.56 bits per heavy atom. The maximum absolute atomic E-state index is 10.7. The molecule has 6 nitrogen and oxygen atoms in total. The molecule has 0 N–H and O–H groups in total. The number of nitrogens with zero attached hydrogens (tertiary/aromatic N) is 4. The minimum atomic E-state index is -0.425. The topological polar surface area (TPSA) is 71.1 Å². The van der Waals surface area contributed by atoms with Crippen LogP contribution in [-0.4, -0.2) is 23.9 Å². The quantitative estimate of drug-likeness (QED) is 0.451. The number of fused-ring (bicyclic) bond motifs is 1. The summed E-state index contributed by atoms with van der Waals surface area (Å²) in [5, 5.41) is 17.5. The first-order valence-electron chi connectivity index (χ1n) is 7.70. The molecule has 1 aliphatic rings. The number of benzene rings is 2. The normalized spacial score (nSPS) is 15.1. The number of aliphatic imine (C=N–C) groups is 1. The molecule has 0 fully saturated rings. The molecule has 0 atom stereocenters. The SMILES string of the molecule is CN(/N=C/C1=Nc2ccc(Cl)cc2C1(C)C)c1ccc([N+](=O)[O-])cc1. The van der Waals surface area contributed by atoms with Crippen molar-refractivity contribution in [2.24, 2.45) is 10.1 Å². The standard InChI is InChI=1S/C18H17ClN4O2/c1-18(2)15-10-12(19)4-9-16(15)21-17(18)11-20-22(3)13-5-7-14(8-6-13)23(24)25/h4-11H,1-3H3/b20-11+. The minimum Gasteiger partial charge on any atom is -0.269 e. The molecule has 128 valence electrons. The molecule has 0 unspecified atom stereocenters. The Morgan fingerprint density at radius 2 is 1.92 bits per heavy atom. The summed E-state index contributed by atoms with van der Waals surface area (Å²) < 4.78 is 0. The zero-order valence-electron chi connectivity index (χ0n) is 14.1. The van der Waals surface area contributed by atoms with Crippen LogP contribution < -0.4 is 5.01 Å². The maximum Gasteiger partial charge on any atom is 0.269 e. The number of nitro groups is 1. The fraction of sp³-hybridized carbons (Fsp3) is 0.222. The van der Waals surface area contributed by atoms with Crippen molar-refractivity contribution in [1.29, 1.82) is 0 Å². The van der Waals surface area contributed by atoms with Crippen molar-refractivity contribution < 1.29 is 4.92 Å². The minimum absolute atomic E-state index is 0.0507. The number of rotatable bonds is 4. The number of nitro benzene ring substituents is 1. The molecule has 2 aromatic rings. The number of hydrogen-bond acceptors (Lipinski definition) is 5. The van der Waals surface area contributed by atoms with Gasteiger partial charge in [0.25, 0.3) is 5.69 Å². The van der Waals surface area contributed by atoms with Crippen molar-refractivity contribution in [1.82, 2.24) is 0 Å². The molecule has 7 heteroatoms. The number of halogens is 1. The average Bonchev–Trinajstić information content (AvgIpc) is 2.83. The highest BCUT2D eigenvalue weighted by Crippen LogP contribution is 2.40. The highest BCUT2D eigenvalue weighted by Gasteiger charge is 2.34. The number of anilines is 1. The van der Waals surface area contributed by atoms with Crippen LogP contribution >= 0.6 is 11.6 Å². The smallest absolute Gasteiger partial charge is 0.269 e. The highest BCUT2D eigenvalue weighted by molar-refractivity contribution is 6.37. The van der Waals surface area contributed by atoms with E-state index >= 15 is 0 Å². The zero-order chi connectivity index (χ0) is 18.2. The molecule has 0 aromatic heterocycles. The Morgan fingerprint density at radius 1 is 1.24 bits per heavy atom. The third-order valence-electron chi connectivity index (χ3n) is 4.30. The number of hydrogen-bond donors (Lipinski definition) is 0. The Hall–Kier alpha value is -2.73. The third-order valence-corrected chi connectivity index (χ3v) is 4.54. The van der Waals surface area contributed by atoms with Crippen LogP contribution in [0, 0.1) is 10.1 Å². The zero-order valence-corrected chi connectivity index (χ0v) is 14.9. The Kier molecular flexibility index (Phi) is 4.30. The van der Waals surface area contributed by atoms with Crippen molar-refractivity contribution in [2.45, 2.75) is 19.3 Å². The molecule has 0 bridgehead atoms. The van der Waals surface area contributed by atoms with Crippen LogP contribution in [0.15, 0.2) is 52.6 Å². The predicted molar refractivity (Wildman–Crippen MR) is 102 cm³/mol. The van der Waals surface area contributed by atoms with Crippen molar-refractivity contribution in [3.8, 4) is 0 Å². The summed E-state index contributed by atoms with van der Waals surface area (Å²) in [4.78, 5) is 14.9. The largest absolute Gasteiger partial charge is 0.269 e. The van der Waals surface area contributed by atoms with E-state index < -0.39 is 4.92 Å². The fourth-order valence-corrected chi connectivity index (χ4v) is 2.87. The Balaban J connectivity index is 1.81. The van der Waals surface area contributed by atoms with Gasteiger partial charge in [-0.15, -0.1) is 0 Å². The molecule has 0 radical (unpaired) electrons. The molecule has 1 aliphatic heterocycles. The molecular formula is C18H17ClN4O2. The van der Waals surface area contributed by atoms with E-state index in [-0.39, 0.29) is 11.1 Å². The van der Waals surface area contributed by atoms with Gasteiger partial charge in [-0.25, -0.2) is 0 Å². The van der Waals surface area contributed by atoms with Crippen LogP contribution in [0.4, 0.5) is 17.1 Å². The first kappa shape index (κ1) is 17.1. The molecular weight excluding hydrogens is 340 g/mol. The van der Waals surface area contributed by atoms with E-state index in [1.54, 1.807) is 30.4 Å². The van der Waals surface area contributed by atoms with E-state index in [0.717, 1.165) is 22.6 Å². The average molecular weight is 357 g/mol. The lowest BCUT2D eigenvalue weighted by atomic mass is 9.82. The summed E-state index contributed by atoms with van der Waals surface area (Å²) in [5.41, 5.74) is 3.31. The van der Waals surface area contributed by atoms with Gasteiger partial charge in [-0.05, 0) is 35.9 Å². The molecule has 0 spiro atoms. The van der Waals surface area contributed by atoms with Gasteiger partial charge in [0.15, 0.2) is 0 Å². The van der Waals surface area contributed by atoms with E-state index in [0.29, 0.717) is 5.02 Å². The maximum atomic E-state index is 10.7. The van der Waals surface area contributed by atoms with Gasteiger partial charge in [-0.1, -0.05) is 25.4 Å². The van der Waals surface area contributed by atoms with Gasteiger partial charge in [0.05, 0.1) is 28.2 Å². The third kappa shape index (κ3) is 3.25. The lowest BCUT2D eigenvalue weighted by Gasteiger charge is -2.20. The van der Waals surface area contributed by atoms with Crippen LogP contribution in [-0.2, 0) is 5.41 Å². The van der Waals surface area contributed by atoms with Crippen molar-refractivity contribution in [3.05, 3.63) is 63.2 Å². The summed E-state index contributed by atoms with van der Waals surface area (Å²) in [5.74, 6) is 0. The van der Waals surface area contributed by atoms with Gasteiger partial charge in [0, 0.05) is 29.6 Å². The van der Waals surface area contributed by atoms with Crippen LogP contribution in [0.25, 0.3) is 0 Å². The Bertz CT molecular complexity index is 888. The predicted octanol–water partition coefficient (Wildman–Crippen LogP) is 4.73. The summed E-state index contributed by atoms with van der Waals surface area (Å²) in [7, 11) is 1.78. The van der Waals surface area contributed by atoms with Gasteiger partial charge in [-0.2, -0.15) is 5.10 Å². The van der Waals surface area contributed by atoms with Gasteiger partial charge in [0.1, 0.15) is 0 Å². The molecule has 0 saturated carbocycles. The van der Waals surface area contributed by atoms with Crippen molar-refractivity contribution >= 4 is 40.6 Å². The van der Waals surface area contributed by atoms with Crippen LogP contribution in [0.1, 0.15) is 19.4 Å². The summed E-state index contributed by atoms with van der Waals surface area (Å²) >= 11 is 6.10.